The average molecular weight is 227 g/mol. The zero-order chi connectivity index (χ0) is 10.7. The molecular weight excluding hydrogens is 210 g/mol. The number of ether oxygens (including phenoxy) is 1. The lowest BCUT2D eigenvalue weighted by Crippen LogP contribution is -2.28. The van der Waals surface area contributed by atoms with Crippen molar-refractivity contribution in [2.45, 2.75) is 38.3 Å². The Kier molecular flexibility index (Phi) is 3.53. The zero-order valence-corrected chi connectivity index (χ0v) is 10.1. The van der Waals surface area contributed by atoms with E-state index in [4.69, 9.17) is 4.74 Å². The van der Waals surface area contributed by atoms with Gasteiger partial charge in [0, 0.05) is 31.7 Å². The van der Waals surface area contributed by atoms with Crippen molar-refractivity contribution >= 4 is 16.7 Å². The lowest BCUT2D eigenvalue weighted by Gasteiger charge is -2.22. The first-order chi connectivity index (χ1) is 7.31. The predicted molar refractivity (Wildman–Crippen MR) is 61.3 cm³/mol. The van der Waals surface area contributed by atoms with E-state index in [9.17, 15) is 0 Å². The van der Waals surface area contributed by atoms with E-state index >= 15 is 0 Å². The number of hydrogen-bond donors (Lipinski definition) is 0. The van der Waals surface area contributed by atoms with E-state index in [2.05, 4.69) is 21.3 Å². The van der Waals surface area contributed by atoms with Gasteiger partial charge in [0.05, 0.1) is 0 Å². The van der Waals surface area contributed by atoms with Crippen LogP contribution in [0.25, 0.3) is 0 Å². The molecule has 0 bridgehead atoms. The van der Waals surface area contributed by atoms with Crippen molar-refractivity contribution < 1.29 is 4.74 Å². The summed E-state index contributed by atoms with van der Waals surface area (Å²) in [6, 6.07) is 0.661. The van der Waals surface area contributed by atoms with E-state index < -0.39 is 0 Å². The Morgan fingerprint density at radius 1 is 1.47 bits per heavy atom. The minimum absolute atomic E-state index is 0.509. The van der Waals surface area contributed by atoms with Crippen molar-refractivity contribution in [1.82, 2.24) is 9.36 Å². The highest BCUT2D eigenvalue weighted by Crippen LogP contribution is 2.27. The Morgan fingerprint density at radius 3 is 2.87 bits per heavy atom. The second-order valence-corrected chi connectivity index (χ2v) is 4.71. The maximum absolute atomic E-state index is 5.01. The van der Waals surface area contributed by atoms with Crippen LogP contribution in [-0.2, 0) is 11.3 Å². The quantitative estimate of drug-likeness (QED) is 0.789. The molecule has 0 spiro atoms. The van der Waals surface area contributed by atoms with Gasteiger partial charge < -0.3 is 9.64 Å². The van der Waals surface area contributed by atoms with Crippen LogP contribution in [0.4, 0.5) is 5.13 Å². The van der Waals surface area contributed by atoms with Gasteiger partial charge in [0.2, 0.25) is 5.13 Å². The van der Waals surface area contributed by atoms with Crippen LogP contribution in [0.5, 0.6) is 0 Å². The van der Waals surface area contributed by atoms with Crippen molar-refractivity contribution in [1.29, 1.82) is 0 Å². The van der Waals surface area contributed by atoms with Crippen molar-refractivity contribution in [3.8, 4) is 0 Å². The number of aromatic nitrogens is 2. The number of rotatable bonds is 4. The molecule has 1 aromatic heterocycles. The zero-order valence-electron chi connectivity index (χ0n) is 9.27. The molecule has 1 aliphatic rings. The molecule has 0 unspecified atom stereocenters. The molecule has 84 valence electrons. The third-order valence-corrected chi connectivity index (χ3v) is 3.75. The molecule has 1 fully saturated rings. The minimum atomic E-state index is 0.509. The third-order valence-electron chi connectivity index (χ3n) is 2.90. The van der Waals surface area contributed by atoms with Crippen molar-refractivity contribution in [3.63, 3.8) is 0 Å². The van der Waals surface area contributed by atoms with Gasteiger partial charge in [-0.2, -0.15) is 4.37 Å². The summed E-state index contributed by atoms with van der Waals surface area (Å²) >= 11 is 1.47. The number of nitrogens with zero attached hydrogens (tertiary/aromatic N) is 3. The Balaban J connectivity index is 2.00. The van der Waals surface area contributed by atoms with Crippen LogP contribution in [-0.4, -0.2) is 29.6 Å². The molecule has 0 radical (unpaired) electrons. The molecule has 1 aromatic rings. The highest BCUT2D eigenvalue weighted by Gasteiger charge is 2.22. The van der Waals surface area contributed by atoms with Gasteiger partial charge in [0.25, 0.3) is 0 Å². The monoisotopic (exact) mass is 227 g/mol. The number of hydrogen-bond acceptors (Lipinski definition) is 5. The summed E-state index contributed by atoms with van der Waals surface area (Å²) in [4.78, 5) is 6.72. The van der Waals surface area contributed by atoms with Gasteiger partial charge in [0.15, 0.2) is 5.82 Å². The summed E-state index contributed by atoms with van der Waals surface area (Å²) in [6.07, 6.45) is 5.27. The minimum Gasteiger partial charge on any atom is -0.377 e. The Bertz CT molecular complexity index is 309. The molecule has 15 heavy (non-hydrogen) atoms. The van der Waals surface area contributed by atoms with Gasteiger partial charge in [-0.05, 0) is 12.8 Å². The molecule has 0 aromatic carbocycles. The smallest absolute Gasteiger partial charge is 0.205 e. The lowest BCUT2D eigenvalue weighted by molar-refractivity contribution is 0.179. The summed E-state index contributed by atoms with van der Waals surface area (Å²) in [5.41, 5.74) is 0. The molecule has 0 saturated heterocycles. The molecule has 1 aliphatic carbocycles. The molecule has 5 heteroatoms. The molecule has 4 nitrogen and oxygen atoms in total. The van der Waals surface area contributed by atoms with E-state index in [0.29, 0.717) is 12.6 Å². The Labute approximate surface area is 94.4 Å². The van der Waals surface area contributed by atoms with Gasteiger partial charge in [-0.15, -0.1) is 0 Å². The largest absolute Gasteiger partial charge is 0.377 e. The highest BCUT2D eigenvalue weighted by molar-refractivity contribution is 7.09. The maximum Gasteiger partial charge on any atom is 0.205 e. The molecule has 2 rings (SSSR count). The van der Waals surface area contributed by atoms with Crippen LogP contribution in [0.15, 0.2) is 0 Å². The summed E-state index contributed by atoms with van der Waals surface area (Å²) in [6.45, 7) is 0.509. The van der Waals surface area contributed by atoms with Crippen LogP contribution >= 0.6 is 11.5 Å². The van der Waals surface area contributed by atoms with Crippen LogP contribution < -0.4 is 4.90 Å². The second-order valence-electron chi connectivity index (χ2n) is 3.98. The molecule has 1 saturated carbocycles. The topological polar surface area (TPSA) is 38.2 Å². The van der Waals surface area contributed by atoms with E-state index in [0.717, 1.165) is 11.0 Å². The first-order valence-electron chi connectivity index (χ1n) is 5.35. The summed E-state index contributed by atoms with van der Waals surface area (Å²) in [7, 11) is 3.79. The first-order valence-corrected chi connectivity index (χ1v) is 6.13. The van der Waals surface area contributed by atoms with E-state index in [1.807, 2.05) is 0 Å². The molecule has 0 N–H and O–H groups in total. The van der Waals surface area contributed by atoms with E-state index in [1.54, 1.807) is 7.11 Å². The van der Waals surface area contributed by atoms with Crippen LogP contribution in [0.2, 0.25) is 0 Å². The number of methoxy groups -OCH3 is 1. The van der Waals surface area contributed by atoms with Crippen molar-refractivity contribution in [2.24, 2.45) is 0 Å². The average Bonchev–Trinajstić information content (AvgIpc) is 2.87. The second kappa shape index (κ2) is 4.90. The van der Waals surface area contributed by atoms with Gasteiger partial charge in [-0.25, -0.2) is 4.98 Å². The fourth-order valence-electron chi connectivity index (χ4n) is 2.02. The van der Waals surface area contributed by atoms with Crippen molar-refractivity contribution in [3.05, 3.63) is 5.82 Å². The molecule has 0 atom stereocenters. The SMILES string of the molecule is COCc1nsc(N(C)C2CCCC2)n1. The van der Waals surface area contributed by atoms with Crippen LogP contribution in [0, 0.1) is 0 Å². The predicted octanol–water partition coefficient (Wildman–Crippen LogP) is 2.06. The maximum atomic E-state index is 5.01. The standard InChI is InChI=1S/C10H17N3OS/c1-13(8-5-3-4-6-8)10-11-9(7-14-2)12-15-10/h8H,3-7H2,1-2H3. The fourth-order valence-corrected chi connectivity index (χ4v) is 2.73. The Morgan fingerprint density at radius 2 is 2.20 bits per heavy atom. The lowest BCUT2D eigenvalue weighted by atomic mass is 10.2. The molecular formula is C10H17N3OS. The molecule has 0 aliphatic heterocycles. The summed E-state index contributed by atoms with van der Waals surface area (Å²) < 4.78 is 9.27. The molecule has 0 amide bonds. The summed E-state index contributed by atoms with van der Waals surface area (Å²) in [5.74, 6) is 0.794. The normalized spacial score (nSPS) is 17.2. The van der Waals surface area contributed by atoms with Gasteiger partial charge in [0.1, 0.15) is 6.61 Å². The highest BCUT2D eigenvalue weighted by atomic mass is 32.1. The van der Waals surface area contributed by atoms with Gasteiger partial charge >= 0.3 is 0 Å². The molecule has 1 heterocycles. The van der Waals surface area contributed by atoms with Crippen molar-refractivity contribution in [2.75, 3.05) is 19.1 Å². The van der Waals surface area contributed by atoms with Crippen LogP contribution in [0.1, 0.15) is 31.5 Å². The van der Waals surface area contributed by atoms with Crippen LogP contribution in [0.3, 0.4) is 0 Å². The summed E-state index contributed by atoms with van der Waals surface area (Å²) in [5, 5.41) is 1.02. The van der Waals surface area contributed by atoms with E-state index in [-0.39, 0.29) is 0 Å². The van der Waals surface area contributed by atoms with Gasteiger partial charge in [-0.3, -0.25) is 0 Å². The Hall–Kier alpha value is -0.680. The first kappa shape index (κ1) is 10.8. The number of anilines is 1. The third kappa shape index (κ3) is 2.46. The van der Waals surface area contributed by atoms with E-state index in [1.165, 1.54) is 37.2 Å². The fraction of sp³-hybridized carbons (Fsp3) is 0.800. The van der Waals surface area contributed by atoms with Gasteiger partial charge in [-0.1, -0.05) is 12.8 Å².